The molecule has 21 heavy (non-hydrogen) atoms. The molecule has 5 heteroatoms. The predicted octanol–water partition coefficient (Wildman–Crippen LogP) is 2.42. The summed E-state index contributed by atoms with van der Waals surface area (Å²) in [6.07, 6.45) is 2.84. The van der Waals surface area contributed by atoms with Crippen LogP contribution in [-0.4, -0.2) is 26.1 Å². The van der Waals surface area contributed by atoms with Crippen LogP contribution in [0.1, 0.15) is 27.4 Å². The van der Waals surface area contributed by atoms with Crippen molar-refractivity contribution in [2.75, 3.05) is 0 Å². The summed E-state index contributed by atoms with van der Waals surface area (Å²) in [5, 5.41) is 0. The van der Waals surface area contributed by atoms with Gasteiger partial charge in [0.2, 0.25) is 5.78 Å². The molecule has 0 bridgehead atoms. The van der Waals surface area contributed by atoms with Crippen molar-refractivity contribution >= 4 is 22.6 Å². The number of aryl methyl sites for hydroxylation is 1. The molecule has 2 aromatic heterocycles. The Morgan fingerprint density at radius 3 is 2.62 bits per heavy atom. The lowest BCUT2D eigenvalue weighted by atomic mass is 10.1. The third kappa shape index (κ3) is 2.45. The molecular formula is C16H13N3O2. The van der Waals surface area contributed by atoms with Crippen LogP contribution in [0.4, 0.5) is 0 Å². The summed E-state index contributed by atoms with van der Waals surface area (Å²) in [6, 6.07) is 10.8. The van der Waals surface area contributed by atoms with Crippen molar-refractivity contribution in [3.05, 3.63) is 60.2 Å². The van der Waals surface area contributed by atoms with Gasteiger partial charge in [-0.1, -0.05) is 12.1 Å². The normalized spacial score (nSPS) is 10.7. The Bertz CT molecular complexity index is 822. The van der Waals surface area contributed by atoms with Gasteiger partial charge in [-0.2, -0.15) is 0 Å². The molecular weight excluding hydrogens is 266 g/mol. The van der Waals surface area contributed by atoms with E-state index in [-0.39, 0.29) is 18.0 Å². The van der Waals surface area contributed by atoms with E-state index in [2.05, 4.69) is 9.97 Å². The molecule has 3 rings (SSSR count). The molecule has 0 unspecified atom stereocenters. The van der Waals surface area contributed by atoms with Crippen LogP contribution in [0.3, 0.4) is 0 Å². The van der Waals surface area contributed by atoms with E-state index in [1.807, 2.05) is 24.3 Å². The number of imidazole rings is 1. The molecule has 0 N–H and O–H groups in total. The van der Waals surface area contributed by atoms with Gasteiger partial charge in [0.25, 0.3) is 0 Å². The fourth-order valence-corrected chi connectivity index (χ4v) is 2.25. The molecule has 0 spiro atoms. The summed E-state index contributed by atoms with van der Waals surface area (Å²) in [5.41, 5.74) is 2.05. The monoisotopic (exact) mass is 279 g/mol. The van der Waals surface area contributed by atoms with Crippen molar-refractivity contribution in [3.63, 3.8) is 0 Å². The zero-order valence-corrected chi connectivity index (χ0v) is 11.5. The van der Waals surface area contributed by atoms with Gasteiger partial charge in [-0.05, 0) is 24.3 Å². The molecule has 0 aliphatic carbocycles. The highest BCUT2D eigenvalue weighted by molar-refractivity contribution is 6.12. The molecule has 2 heterocycles. The van der Waals surface area contributed by atoms with Gasteiger partial charge in [-0.15, -0.1) is 0 Å². The molecule has 0 amide bonds. The lowest BCUT2D eigenvalue weighted by Crippen LogP contribution is -2.13. The largest absolute Gasteiger partial charge is 0.325 e. The number of benzene rings is 1. The van der Waals surface area contributed by atoms with Gasteiger partial charge in [-0.25, -0.2) is 4.98 Å². The number of carbonyl (C=O) groups is 2. The predicted molar refractivity (Wildman–Crippen MR) is 78.2 cm³/mol. The number of pyridine rings is 1. The maximum absolute atomic E-state index is 12.3. The van der Waals surface area contributed by atoms with Crippen molar-refractivity contribution in [1.82, 2.24) is 14.5 Å². The van der Waals surface area contributed by atoms with Crippen LogP contribution in [0.5, 0.6) is 0 Å². The van der Waals surface area contributed by atoms with E-state index in [0.717, 1.165) is 11.0 Å². The van der Waals surface area contributed by atoms with E-state index in [1.165, 1.54) is 6.20 Å². The number of para-hydroxylation sites is 2. The van der Waals surface area contributed by atoms with Crippen LogP contribution in [-0.2, 0) is 7.05 Å². The summed E-state index contributed by atoms with van der Waals surface area (Å²) in [5.74, 6) is -0.240. The zero-order chi connectivity index (χ0) is 14.8. The van der Waals surface area contributed by atoms with E-state index in [9.17, 15) is 9.59 Å². The summed E-state index contributed by atoms with van der Waals surface area (Å²) >= 11 is 0. The van der Waals surface area contributed by atoms with Crippen molar-refractivity contribution in [2.24, 2.45) is 7.05 Å². The molecule has 1 aromatic carbocycles. The van der Waals surface area contributed by atoms with Gasteiger partial charge >= 0.3 is 0 Å². The van der Waals surface area contributed by atoms with Gasteiger partial charge in [0.1, 0.15) is 0 Å². The van der Waals surface area contributed by atoms with Gasteiger partial charge in [0.05, 0.1) is 17.5 Å². The first-order valence-corrected chi connectivity index (χ1v) is 6.54. The van der Waals surface area contributed by atoms with Crippen molar-refractivity contribution in [1.29, 1.82) is 0 Å². The van der Waals surface area contributed by atoms with Crippen molar-refractivity contribution in [3.8, 4) is 0 Å². The number of rotatable bonds is 4. The number of Topliss-reactive ketones (excluding diaryl/α,β-unsaturated/α-hetero) is 2. The topological polar surface area (TPSA) is 64.8 Å². The third-order valence-electron chi connectivity index (χ3n) is 3.34. The fraction of sp³-hybridized carbons (Fsp3) is 0.125. The molecule has 0 aliphatic heterocycles. The van der Waals surface area contributed by atoms with Crippen LogP contribution in [0.25, 0.3) is 11.0 Å². The van der Waals surface area contributed by atoms with E-state index in [1.54, 1.807) is 29.9 Å². The SMILES string of the molecule is Cn1c(C(=O)CC(=O)c2cccnc2)nc2ccccc21. The van der Waals surface area contributed by atoms with Gasteiger partial charge < -0.3 is 4.57 Å². The number of hydrogen-bond donors (Lipinski definition) is 0. The van der Waals surface area contributed by atoms with E-state index in [4.69, 9.17) is 0 Å². The molecule has 0 saturated carbocycles. The average molecular weight is 279 g/mol. The summed E-state index contributed by atoms with van der Waals surface area (Å²) in [6.45, 7) is 0. The smallest absolute Gasteiger partial charge is 0.206 e. The average Bonchev–Trinajstić information content (AvgIpc) is 2.86. The van der Waals surface area contributed by atoms with Crippen LogP contribution in [0, 0.1) is 0 Å². The van der Waals surface area contributed by atoms with Crippen LogP contribution < -0.4 is 0 Å². The highest BCUT2D eigenvalue weighted by Gasteiger charge is 2.19. The van der Waals surface area contributed by atoms with Crippen LogP contribution in [0.2, 0.25) is 0 Å². The Balaban J connectivity index is 1.88. The summed E-state index contributed by atoms with van der Waals surface area (Å²) < 4.78 is 1.72. The second-order valence-corrected chi connectivity index (χ2v) is 4.75. The summed E-state index contributed by atoms with van der Waals surface area (Å²) in [7, 11) is 1.77. The number of aromatic nitrogens is 3. The summed E-state index contributed by atoms with van der Waals surface area (Å²) in [4.78, 5) is 32.5. The Morgan fingerprint density at radius 1 is 1.10 bits per heavy atom. The number of nitrogens with zero attached hydrogens (tertiary/aromatic N) is 3. The Hall–Kier alpha value is -2.82. The van der Waals surface area contributed by atoms with Crippen molar-refractivity contribution in [2.45, 2.75) is 6.42 Å². The molecule has 0 atom stereocenters. The first kappa shape index (κ1) is 13.2. The van der Waals surface area contributed by atoms with Gasteiger partial charge in [0.15, 0.2) is 11.6 Å². The number of hydrogen-bond acceptors (Lipinski definition) is 4. The van der Waals surface area contributed by atoms with Gasteiger partial charge in [-0.3, -0.25) is 14.6 Å². The standard InChI is InChI=1S/C16H13N3O2/c1-19-13-7-3-2-6-12(13)18-16(19)15(21)9-14(20)11-5-4-8-17-10-11/h2-8,10H,9H2,1H3. The van der Waals surface area contributed by atoms with Crippen molar-refractivity contribution < 1.29 is 9.59 Å². The maximum atomic E-state index is 12.3. The maximum Gasteiger partial charge on any atom is 0.206 e. The molecule has 0 fully saturated rings. The molecule has 5 nitrogen and oxygen atoms in total. The number of carbonyl (C=O) groups excluding carboxylic acids is 2. The first-order valence-electron chi connectivity index (χ1n) is 6.54. The zero-order valence-electron chi connectivity index (χ0n) is 11.5. The molecule has 3 aromatic rings. The quantitative estimate of drug-likeness (QED) is 0.543. The molecule has 0 saturated heterocycles. The van der Waals surface area contributed by atoms with E-state index >= 15 is 0 Å². The Kier molecular flexibility index (Phi) is 3.31. The highest BCUT2D eigenvalue weighted by atomic mass is 16.1. The number of ketones is 2. The third-order valence-corrected chi connectivity index (χ3v) is 3.34. The first-order chi connectivity index (χ1) is 10.2. The minimum atomic E-state index is -0.289. The molecule has 104 valence electrons. The highest BCUT2D eigenvalue weighted by Crippen LogP contribution is 2.16. The van der Waals surface area contributed by atoms with Crippen LogP contribution in [0.15, 0.2) is 48.8 Å². The molecule has 0 radical (unpaired) electrons. The lowest BCUT2D eigenvalue weighted by Gasteiger charge is -2.01. The van der Waals surface area contributed by atoms with E-state index < -0.39 is 0 Å². The lowest BCUT2D eigenvalue weighted by molar-refractivity contribution is 0.0887. The second-order valence-electron chi connectivity index (χ2n) is 4.75. The number of fused-ring (bicyclic) bond motifs is 1. The molecule has 0 aliphatic rings. The Labute approximate surface area is 121 Å². The second kappa shape index (κ2) is 5.28. The minimum absolute atomic E-state index is 0.206. The van der Waals surface area contributed by atoms with Gasteiger partial charge in [0, 0.05) is 25.0 Å². The van der Waals surface area contributed by atoms with E-state index in [0.29, 0.717) is 11.4 Å². The fourth-order valence-electron chi connectivity index (χ4n) is 2.25. The van der Waals surface area contributed by atoms with Crippen LogP contribution >= 0.6 is 0 Å². The Morgan fingerprint density at radius 2 is 1.90 bits per heavy atom. The minimum Gasteiger partial charge on any atom is -0.325 e.